The molecular weight excluding hydrogens is 582 g/mol. The molecule has 0 aliphatic heterocycles. The topological polar surface area (TPSA) is 86.8 Å². The Morgan fingerprint density at radius 3 is 2.12 bits per heavy atom. The van der Waals surface area contributed by atoms with Crippen molar-refractivity contribution in [1.82, 2.24) is 10.2 Å². The summed E-state index contributed by atoms with van der Waals surface area (Å²) in [6.07, 6.45) is 0.244. The molecule has 43 heavy (non-hydrogen) atoms. The third-order valence-electron chi connectivity index (χ3n) is 7.32. The largest absolute Gasteiger partial charge is 0.355 e. The van der Waals surface area contributed by atoms with Crippen LogP contribution in [0, 0.1) is 13.8 Å². The SMILES string of the molecule is CCNC(=O)C(Cc1ccccc1)N(Cc1cccc(Cl)c1)C(=O)CN(c1cccc(C)c1C)S(=O)(=O)c1ccccc1. The zero-order valence-corrected chi connectivity index (χ0v) is 26.1. The predicted molar refractivity (Wildman–Crippen MR) is 172 cm³/mol. The van der Waals surface area contributed by atoms with Gasteiger partial charge >= 0.3 is 0 Å². The first-order valence-corrected chi connectivity index (χ1v) is 15.9. The number of hydrogen-bond donors (Lipinski definition) is 1. The highest BCUT2D eigenvalue weighted by atomic mass is 35.5. The summed E-state index contributed by atoms with van der Waals surface area (Å²) in [5.41, 5.74) is 3.61. The molecule has 1 unspecified atom stereocenters. The first-order chi connectivity index (χ1) is 20.6. The quantitative estimate of drug-likeness (QED) is 0.214. The van der Waals surface area contributed by atoms with Crippen molar-refractivity contribution in [3.8, 4) is 0 Å². The Morgan fingerprint density at radius 1 is 0.837 bits per heavy atom. The minimum Gasteiger partial charge on any atom is -0.355 e. The van der Waals surface area contributed by atoms with Gasteiger partial charge in [-0.3, -0.25) is 13.9 Å². The average Bonchev–Trinajstić information content (AvgIpc) is 3.00. The third kappa shape index (κ3) is 7.83. The van der Waals surface area contributed by atoms with E-state index in [1.807, 2.05) is 63.2 Å². The second-order valence-corrected chi connectivity index (χ2v) is 12.6. The van der Waals surface area contributed by atoms with Gasteiger partial charge in [0.25, 0.3) is 10.0 Å². The van der Waals surface area contributed by atoms with Crippen molar-refractivity contribution in [2.45, 2.75) is 44.7 Å². The van der Waals surface area contributed by atoms with Crippen LogP contribution < -0.4 is 9.62 Å². The Kier molecular flexibility index (Phi) is 10.6. The normalized spacial score (nSPS) is 11.9. The lowest BCUT2D eigenvalue weighted by atomic mass is 10.0. The van der Waals surface area contributed by atoms with Gasteiger partial charge in [0.2, 0.25) is 11.8 Å². The van der Waals surface area contributed by atoms with Crippen LogP contribution in [0.2, 0.25) is 5.02 Å². The lowest BCUT2D eigenvalue weighted by molar-refractivity contribution is -0.140. The second-order valence-electron chi connectivity index (χ2n) is 10.3. The van der Waals surface area contributed by atoms with E-state index in [2.05, 4.69) is 5.32 Å². The number of halogens is 1. The number of nitrogens with zero attached hydrogens (tertiary/aromatic N) is 2. The summed E-state index contributed by atoms with van der Waals surface area (Å²) in [5.74, 6) is -0.849. The van der Waals surface area contributed by atoms with Crippen molar-refractivity contribution in [1.29, 1.82) is 0 Å². The first-order valence-electron chi connectivity index (χ1n) is 14.1. The smallest absolute Gasteiger partial charge is 0.264 e. The molecule has 0 bridgehead atoms. The van der Waals surface area contributed by atoms with Crippen LogP contribution in [0.5, 0.6) is 0 Å². The van der Waals surface area contributed by atoms with Gasteiger partial charge in [-0.1, -0.05) is 84.4 Å². The lowest BCUT2D eigenvalue weighted by Crippen LogP contribution is -2.53. The highest BCUT2D eigenvalue weighted by Gasteiger charge is 2.35. The summed E-state index contributed by atoms with van der Waals surface area (Å²) < 4.78 is 29.4. The van der Waals surface area contributed by atoms with E-state index in [0.717, 1.165) is 21.0 Å². The molecule has 0 aliphatic rings. The fourth-order valence-electron chi connectivity index (χ4n) is 4.92. The van der Waals surface area contributed by atoms with Crippen molar-refractivity contribution >= 4 is 39.1 Å². The van der Waals surface area contributed by atoms with Crippen molar-refractivity contribution < 1.29 is 18.0 Å². The summed E-state index contributed by atoms with van der Waals surface area (Å²) in [6.45, 7) is 5.46. The maximum Gasteiger partial charge on any atom is 0.264 e. The minimum atomic E-state index is -4.15. The van der Waals surface area contributed by atoms with Crippen LogP contribution in [0.25, 0.3) is 0 Å². The van der Waals surface area contributed by atoms with Gasteiger partial charge in [-0.25, -0.2) is 8.42 Å². The van der Waals surface area contributed by atoms with Crippen molar-refractivity contribution in [3.63, 3.8) is 0 Å². The Balaban J connectivity index is 1.82. The number of likely N-dealkylation sites (N-methyl/N-ethyl adjacent to an activating group) is 1. The summed E-state index contributed by atoms with van der Waals surface area (Å²) in [7, 11) is -4.15. The number of amides is 2. The number of anilines is 1. The van der Waals surface area contributed by atoms with Crippen molar-refractivity contribution in [3.05, 3.63) is 130 Å². The molecule has 4 rings (SSSR count). The molecule has 4 aromatic rings. The van der Waals surface area contributed by atoms with E-state index in [9.17, 15) is 18.0 Å². The Labute approximate surface area is 259 Å². The van der Waals surface area contributed by atoms with Crippen LogP contribution in [0.3, 0.4) is 0 Å². The second kappa shape index (κ2) is 14.4. The van der Waals surface area contributed by atoms with Gasteiger partial charge < -0.3 is 10.2 Å². The molecule has 1 atom stereocenters. The number of nitrogens with one attached hydrogen (secondary N) is 1. The standard InChI is InChI=1S/C34H36ClN3O4S/c1-4-36-34(40)32(22-27-14-7-5-8-15-27)37(23-28-16-12-17-29(35)21-28)33(39)24-38(31-20-11-13-25(2)26(31)3)43(41,42)30-18-9-6-10-19-30/h5-21,32H,4,22-24H2,1-3H3,(H,36,40). The number of benzene rings is 4. The fraction of sp³-hybridized carbons (Fsp3) is 0.235. The molecule has 0 aromatic heterocycles. The fourth-order valence-corrected chi connectivity index (χ4v) is 6.62. The zero-order valence-electron chi connectivity index (χ0n) is 24.5. The third-order valence-corrected chi connectivity index (χ3v) is 9.33. The number of sulfonamides is 1. The van der Waals surface area contributed by atoms with E-state index in [4.69, 9.17) is 11.6 Å². The van der Waals surface area contributed by atoms with Crippen LogP contribution in [-0.2, 0) is 32.6 Å². The average molecular weight is 618 g/mol. The van der Waals surface area contributed by atoms with Crippen molar-refractivity contribution in [2.75, 3.05) is 17.4 Å². The highest BCUT2D eigenvalue weighted by molar-refractivity contribution is 7.92. The molecule has 224 valence electrons. The van der Waals surface area contributed by atoms with E-state index in [1.54, 1.807) is 48.5 Å². The Bertz CT molecular complexity index is 1660. The van der Waals surface area contributed by atoms with Gasteiger partial charge in [0.1, 0.15) is 12.6 Å². The summed E-state index contributed by atoms with van der Waals surface area (Å²) in [6, 6.07) is 29.0. The summed E-state index contributed by atoms with van der Waals surface area (Å²) >= 11 is 6.28. The number of hydrogen-bond acceptors (Lipinski definition) is 4. The molecular formula is C34H36ClN3O4S. The van der Waals surface area contributed by atoms with Gasteiger partial charge in [-0.15, -0.1) is 0 Å². The molecule has 0 radical (unpaired) electrons. The molecule has 0 saturated carbocycles. The molecule has 1 N–H and O–H groups in total. The van der Waals surface area contributed by atoms with E-state index < -0.39 is 28.5 Å². The van der Waals surface area contributed by atoms with Crippen LogP contribution in [0.15, 0.2) is 108 Å². The molecule has 9 heteroatoms. The van der Waals surface area contributed by atoms with Gasteiger partial charge in [0, 0.05) is 24.5 Å². The van der Waals surface area contributed by atoms with Gasteiger partial charge in [-0.05, 0) is 73.4 Å². The summed E-state index contributed by atoms with van der Waals surface area (Å²) in [4.78, 5) is 29.5. The van der Waals surface area contributed by atoms with Gasteiger partial charge in [0.15, 0.2) is 0 Å². The molecule has 0 aliphatic carbocycles. The molecule has 0 fully saturated rings. The van der Waals surface area contributed by atoms with E-state index in [-0.39, 0.29) is 23.8 Å². The minimum absolute atomic E-state index is 0.0556. The van der Waals surface area contributed by atoms with Gasteiger partial charge in [0.05, 0.1) is 10.6 Å². The number of carbonyl (C=O) groups is 2. The first kappa shape index (κ1) is 31.8. The van der Waals surface area contributed by atoms with E-state index in [1.165, 1.54) is 17.0 Å². The lowest BCUT2D eigenvalue weighted by Gasteiger charge is -2.34. The molecule has 2 amide bonds. The Hall–Kier alpha value is -4.14. The molecule has 4 aromatic carbocycles. The monoisotopic (exact) mass is 617 g/mol. The van der Waals surface area contributed by atoms with Crippen LogP contribution >= 0.6 is 11.6 Å². The molecule has 0 saturated heterocycles. The summed E-state index contributed by atoms with van der Waals surface area (Å²) in [5, 5.41) is 3.36. The van der Waals surface area contributed by atoms with Crippen LogP contribution in [0.4, 0.5) is 5.69 Å². The molecule has 7 nitrogen and oxygen atoms in total. The number of rotatable bonds is 12. The number of aryl methyl sites for hydroxylation is 1. The van der Waals surface area contributed by atoms with Crippen molar-refractivity contribution in [2.24, 2.45) is 0 Å². The maximum absolute atomic E-state index is 14.4. The number of carbonyl (C=O) groups excluding carboxylic acids is 2. The van der Waals surface area contributed by atoms with E-state index >= 15 is 0 Å². The zero-order chi connectivity index (χ0) is 31.0. The van der Waals surface area contributed by atoms with Gasteiger partial charge in [-0.2, -0.15) is 0 Å². The van der Waals surface area contributed by atoms with Crippen LogP contribution in [-0.4, -0.2) is 44.3 Å². The maximum atomic E-state index is 14.4. The molecule has 0 spiro atoms. The molecule has 0 heterocycles. The van der Waals surface area contributed by atoms with E-state index in [0.29, 0.717) is 22.8 Å². The van der Waals surface area contributed by atoms with Crippen LogP contribution in [0.1, 0.15) is 29.2 Å². The highest BCUT2D eigenvalue weighted by Crippen LogP contribution is 2.29. The Morgan fingerprint density at radius 2 is 1.47 bits per heavy atom. The predicted octanol–water partition coefficient (Wildman–Crippen LogP) is 5.93.